The summed E-state index contributed by atoms with van der Waals surface area (Å²) in [7, 11) is 0. The molecule has 0 atom stereocenters. The molecule has 0 aliphatic carbocycles. The Hall–Kier alpha value is -7.42. The van der Waals surface area contributed by atoms with Crippen molar-refractivity contribution < 1.29 is 0 Å². The van der Waals surface area contributed by atoms with E-state index in [9.17, 15) is 0 Å². The van der Waals surface area contributed by atoms with Crippen LogP contribution in [-0.4, -0.2) is 4.57 Å². The Labute approximate surface area is 325 Å². The van der Waals surface area contributed by atoms with Gasteiger partial charge in [0.25, 0.3) is 0 Å². The highest BCUT2D eigenvalue weighted by Gasteiger charge is 2.20. The number of fused-ring (bicyclic) bond motifs is 8. The minimum atomic E-state index is 1.11. The lowest BCUT2D eigenvalue weighted by Gasteiger charge is -2.28. The van der Waals surface area contributed by atoms with Crippen LogP contribution < -0.4 is 4.90 Å². The predicted octanol–water partition coefficient (Wildman–Crippen LogP) is 15.0. The Kier molecular flexibility index (Phi) is 7.53. The molecule has 0 saturated heterocycles. The number of para-hydroxylation sites is 2. The fraction of sp³-hybridized carbons (Fsp3) is 0. The van der Waals surface area contributed by atoms with Gasteiger partial charge in [-0.2, -0.15) is 0 Å². The highest BCUT2D eigenvalue weighted by molar-refractivity contribution is 6.23. The van der Waals surface area contributed by atoms with E-state index in [1.807, 2.05) is 0 Å². The molecule has 0 fully saturated rings. The number of benzene rings is 10. The molecule has 0 bridgehead atoms. The predicted molar refractivity (Wildman–Crippen MR) is 239 cm³/mol. The van der Waals surface area contributed by atoms with E-state index >= 15 is 0 Å². The second kappa shape index (κ2) is 13.2. The van der Waals surface area contributed by atoms with E-state index in [1.54, 1.807) is 0 Å². The van der Waals surface area contributed by atoms with Gasteiger partial charge in [0, 0.05) is 44.2 Å². The van der Waals surface area contributed by atoms with Gasteiger partial charge < -0.3 is 9.47 Å². The Morgan fingerprint density at radius 1 is 0.304 bits per heavy atom. The first-order chi connectivity index (χ1) is 27.8. The summed E-state index contributed by atoms with van der Waals surface area (Å²) in [6, 6.07) is 79.4. The molecule has 0 unspecified atom stereocenters. The highest BCUT2D eigenvalue weighted by Crippen LogP contribution is 2.43. The van der Waals surface area contributed by atoms with Crippen molar-refractivity contribution in [2.45, 2.75) is 0 Å². The zero-order chi connectivity index (χ0) is 37.0. The van der Waals surface area contributed by atoms with Gasteiger partial charge in [-0.25, -0.2) is 0 Å². The molecule has 10 aromatic carbocycles. The van der Waals surface area contributed by atoms with Crippen molar-refractivity contribution in [3.8, 4) is 27.9 Å². The Morgan fingerprint density at radius 3 is 1.48 bits per heavy atom. The molecule has 11 rings (SSSR count). The molecule has 0 saturated carbocycles. The van der Waals surface area contributed by atoms with Gasteiger partial charge in [-0.1, -0.05) is 170 Å². The van der Waals surface area contributed by atoms with Gasteiger partial charge in [-0.05, 0) is 86.8 Å². The van der Waals surface area contributed by atoms with Crippen LogP contribution >= 0.6 is 0 Å². The average Bonchev–Trinajstić information content (AvgIpc) is 3.63. The van der Waals surface area contributed by atoms with E-state index in [0.717, 1.165) is 28.3 Å². The second-order valence-electron chi connectivity index (χ2n) is 14.5. The van der Waals surface area contributed by atoms with Crippen molar-refractivity contribution in [3.05, 3.63) is 218 Å². The number of nitrogens with zero attached hydrogens (tertiary/aromatic N) is 2. The highest BCUT2D eigenvalue weighted by atomic mass is 15.1. The average molecular weight is 713 g/mol. The minimum Gasteiger partial charge on any atom is -0.310 e. The fourth-order valence-electron chi connectivity index (χ4n) is 8.68. The van der Waals surface area contributed by atoms with Gasteiger partial charge in [0.15, 0.2) is 0 Å². The lowest BCUT2D eigenvalue weighted by molar-refractivity contribution is 1.19. The Balaban J connectivity index is 1.04. The van der Waals surface area contributed by atoms with E-state index in [4.69, 9.17) is 0 Å². The molecule has 0 aliphatic heterocycles. The number of hydrogen-bond donors (Lipinski definition) is 0. The molecule has 0 amide bonds. The molecule has 0 N–H and O–H groups in total. The summed E-state index contributed by atoms with van der Waals surface area (Å²) in [6.07, 6.45) is 0. The molecule has 0 spiro atoms. The van der Waals surface area contributed by atoms with Gasteiger partial charge in [0.05, 0.1) is 16.7 Å². The number of aromatic nitrogens is 1. The van der Waals surface area contributed by atoms with E-state index < -0.39 is 0 Å². The standard InChI is InChI=1S/C54H36N2/c1-2-16-44(17-3-1)55(45-30-24-38(25-31-45)43-23-22-37-12-4-5-15-42(37)36-43)52-21-11-10-18-47(52)41-26-32-46(33-27-41)56-53-48-19-8-6-13-39(48)28-34-50(53)51-35-29-40-14-7-9-20-49(40)54(51)56/h1-36H. The van der Waals surface area contributed by atoms with Crippen LogP contribution in [0.1, 0.15) is 0 Å². The molecular weight excluding hydrogens is 677 g/mol. The van der Waals surface area contributed by atoms with Crippen molar-refractivity contribution in [2.75, 3.05) is 4.90 Å². The lowest BCUT2D eigenvalue weighted by Crippen LogP contribution is -2.11. The SMILES string of the molecule is c1ccc(N(c2ccc(-c3ccc4ccccc4c3)cc2)c2ccccc2-c2ccc(-n3c4c5ccccc5ccc4c4ccc5ccccc5c43)cc2)cc1. The van der Waals surface area contributed by atoms with Crippen LogP contribution in [0.4, 0.5) is 17.1 Å². The summed E-state index contributed by atoms with van der Waals surface area (Å²) in [5, 5.41) is 10.0. The first kappa shape index (κ1) is 32.0. The maximum Gasteiger partial charge on any atom is 0.0619 e. The maximum absolute atomic E-state index is 2.48. The number of hydrogen-bond acceptors (Lipinski definition) is 1. The monoisotopic (exact) mass is 712 g/mol. The first-order valence-electron chi connectivity index (χ1n) is 19.3. The Bertz CT molecular complexity index is 3140. The molecule has 11 aromatic rings. The molecule has 262 valence electrons. The molecule has 1 aromatic heterocycles. The quantitative estimate of drug-likeness (QED) is 0.167. The molecule has 1 heterocycles. The zero-order valence-electron chi connectivity index (χ0n) is 30.7. The second-order valence-corrected chi connectivity index (χ2v) is 14.5. The van der Waals surface area contributed by atoms with E-state index in [0.29, 0.717) is 0 Å². The normalized spacial score (nSPS) is 11.6. The summed E-state index contributed by atoms with van der Waals surface area (Å²) in [5.41, 5.74) is 11.7. The zero-order valence-corrected chi connectivity index (χ0v) is 30.7. The van der Waals surface area contributed by atoms with Crippen LogP contribution in [-0.2, 0) is 0 Å². The van der Waals surface area contributed by atoms with Gasteiger partial charge in [-0.3, -0.25) is 0 Å². The van der Waals surface area contributed by atoms with Crippen molar-refractivity contribution in [2.24, 2.45) is 0 Å². The summed E-state index contributed by atoms with van der Waals surface area (Å²) < 4.78 is 2.48. The Morgan fingerprint density at radius 2 is 0.804 bits per heavy atom. The van der Waals surface area contributed by atoms with E-state index in [2.05, 4.69) is 228 Å². The third-order valence-corrected chi connectivity index (χ3v) is 11.3. The van der Waals surface area contributed by atoms with Crippen LogP contribution in [0.25, 0.3) is 82.1 Å². The van der Waals surface area contributed by atoms with E-state index in [-0.39, 0.29) is 0 Å². The molecule has 0 aliphatic rings. The van der Waals surface area contributed by atoms with Crippen molar-refractivity contribution >= 4 is 71.2 Å². The number of rotatable bonds is 6. The summed E-state index contributed by atoms with van der Waals surface area (Å²) in [4.78, 5) is 2.37. The van der Waals surface area contributed by atoms with Gasteiger partial charge in [-0.15, -0.1) is 0 Å². The summed E-state index contributed by atoms with van der Waals surface area (Å²) in [5.74, 6) is 0. The topological polar surface area (TPSA) is 8.17 Å². The number of anilines is 3. The minimum absolute atomic E-state index is 1.11. The molecule has 2 heteroatoms. The van der Waals surface area contributed by atoms with Gasteiger partial charge >= 0.3 is 0 Å². The lowest BCUT2D eigenvalue weighted by atomic mass is 9.99. The molecule has 0 radical (unpaired) electrons. The van der Waals surface area contributed by atoms with Gasteiger partial charge in [0.1, 0.15) is 0 Å². The van der Waals surface area contributed by atoms with Crippen LogP contribution in [0.5, 0.6) is 0 Å². The third-order valence-electron chi connectivity index (χ3n) is 11.3. The fourth-order valence-corrected chi connectivity index (χ4v) is 8.68. The van der Waals surface area contributed by atoms with Crippen molar-refractivity contribution in [1.29, 1.82) is 0 Å². The largest absolute Gasteiger partial charge is 0.310 e. The molecular formula is C54H36N2. The van der Waals surface area contributed by atoms with Crippen LogP contribution in [0.2, 0.25) is 0 Å². The molecule has 56 heavy (non-hydrogen) atoms. The summed E-state index contributed by atoms with van der Waals surface area (Å²) in [6.45, 7) is 0. The summed E-state index contributed by atoms with van der Waals surface area (Å²) >= 11 is 0. The van der Waals surface area contributed by atoms with Crippen LogP contribution in [0.3, 0.4) is 0 Å². The van der Waals surface area contributed by atoms with Crippen molar-refractivity contribution in [1.82, 2.24) is 4.57 Å². The van der Waals surface area contributed by atoms with Crippen molar-refractivity contribution in [3.63, 3.8) is 0 Å². The van der Waals surface area contributed by atoms with Gasteiger partial charge in [0.2, 0.25) is 0 Å². The first-order valence-corrected chi connectivity index (χ1v) is 19.3. The maximum atomic E-state index is 2.48. The van der Waals surface area contributed by atoms with Crippen LogP contribution in [0.15, 0.2) is 218 Å². The third kappa shape index (κ3) is 5.26. The molecule has 2 nitrogen and oxygen atoms in total. The van der Waals surface area contributed by atoms with E-state index in [1.165, 1.54) is 70.8 Å². The van der Waals surface area contributed by atoms with Crippen LogP contribution in [0, 0.1) is 0 Å². The smallest absolute Gasteiger partial charge is 0.0619 e.